The van der Waals surface area contributed by atoms with Gasteiger partial charge in [0, 0.05) is 0 Å². The Kier molecular flexibility index (Phi) is 3.68. The van der Waals surface area contributed by atoms with Crippen molar-refractivity contribution in [3.8, 4) is 11.8 Å². The van der Waals surface area contributed by atoms with Crippen LogP contribution in [-0.4, -0.2) is 17.3 Å². The summed E-state index contributed by atoms with van der Waals surface area (Å²) in [6, 6.07) is 8.45. The van der Waals surface area contributed by atoms with Gasteiger partial charge < -0.3 is 10.1 Å². The molecule has 0 amide bonds. The number of rotatable bonds is 3. The Bertz CT molecular complexity index is 764. The molecule has 5 nitrogen and oxygen atoms in total. The minimum atomic E-state index is 0.133. The van der Waals surface area contributed by atoms with Crippen LogP contribution < -0.4 is 10.1 Å². The lowest BCUT2D eigenvalue weighted by Crippen LogP contribution is -2.12. The number of nitriles is 1. The van der Waals surface area contributed by atoms with E-state index in [0.717, 1.165) is 29.8 Å². The first-order chi connectivity index (χ1) is 10.7. The molecule has 0 fully saturated rings. The van der Waals surface area contributed by atoms with Crippen molar-refractivity contribution in [3.63, 3.8) is 0 Å². The molecule has 1 aromatic heterocycles. The Morgan fingerprint density at radius 1 is 1.32 bits per heavy atom. The molecule has 5 heteroatoms. The number of hydrogen-bond donors (Lipinski definition) is 1. The van der Waals surface area contributed by atoms with Crippen molar-refractivity contribution >= 4 is 5.82 Å². The summed E-state index contributed by atoms with van der Waals surface area (Å²) in [6.45, 7) is 3.77. The van der Waals surface area contributed by atoms with Gasteiger partial charge in [-0.2, -0.15) is 10.4 Å². The van der Waals surface area contributed by atoms with Crippen molar-refractivity contribution in [3.05, 3.63) is 46.1 Å². The Hall–Kier alpha value is -2.61. The summed E-state index contributed by atoms with van der Waals surface area (Å²) in [5.74, 6) is 1.49. The molecule has 1 unspecified atom stereocenters. The van der Waals surface area contributed by atoms with Gasteiger partial charge in [0.05, 0.1) is 18.8 Å². The van der Waals surface area contributed by atoms with E-state index in [0.29, 0.717) is 11.4 Å². The molecule has 0 radical (unpaired) electrons. The van der Waals surface area contributed by atoms with Gasteiger partial charge in [-0.05, 0) is 49.4 Å². The Morgan fingerprint density at radius 2 is 2.14 bits per heavy atom. The lowest BCUT2D eigenvalue weighted by Gasteiger charge is -2.17. The van der Waals surface area contributed by atoms with Crippen LogP contribution in [0.25, 0.3) is 0 Å². The van der Waals surface area contributed by atoms with E-state index in [9.17, 15) is 5.26 Å². The maximum Gasteiger partial charge on any atom is 0.167 e. The normalized spacial score (nSPS) is 16.0. The van der Waals surface area contributed by atoms with Crippen molar-refractivity contribution in [2.45, 2.75) is 32.7 Å². The molecule has 0 saturated heterocycles. The molecule has 0 aliphatic heterocycles. The number of aryl methyl sites for hydroxylation is 1. The Labute approximate surface area is 130 Å². The van der Waals surface area contributed by atoms with Crippen LogP contribution in [0.3, 0.4) is 0 Å². The maximum atomic E-state index is 9.40. The van der Waals surface area contributed by atoms with Crippen LogP contribution in [0.2, 0.25) is 0 Å². The van der Waals surface area contributed by atoms with Crippen molar-refractivity contribution in [1.82, 2.24) is 10.2 Å². The third-order valence-electron chi connectivity index (χ3n) is 4.32. The number of benzene rings is 1. The summed E-state index contributed by atoms with van der Waals surface area (Å²) < 4.78 is 5.43. The molecule has 0 spiro atoms. The quantitative estimate of drug-likeness (QED) is 0.942. The number of anilines is 1. The van der Waals surface area contributed by atoms with Gasteiger partial charge in [-0.25, -0.2) is 0 Å². The third-order valence-corrected chi connectivity index (χ3v) is 4.32. The van der Waals surface area contributed by atoms with Crippen molar-refractivity contribution in [2.24, 2.45) is 0 Å². The standard InChI is InChI=1S/C17H18N4O/c1-10-11(2)20-21-17(14(10)9-18)19-15-8-7-13-12(15)5-4-6-16(13)22-3/h4-6,15H,7-8H2,1-3H3,(H,19,21). The van der Waals surface area contributed by atoms with E-state index in [1.165, 1.54) is 11.1 Å². The molecular formula is C17H18N4O. The number of nitrogens with one attached hydrogen (secondary N) is 1. The second kappa shape index (κ2) is 5.64. The lowest BCUT2D eigenvalue weighted by molar-refractivity contribution is 0.410. The van der Waals surface area contributed by atoms with Gasteiger partial charge in [-0.3, -0.25) is 0 Å². The smallest absolute Gasteiger partial charge is 0.167 e. The van der Waals surface area contributed by atoms with E-state index in [1.54, 1.807) is 7.11 Å². The summed E-state index contributed by atoms with van der Waals surface area (Å²) in [5, 5.41) is 21.1. The molecule has 1 aliphatic rings. The van der Waals surface area contributed by atoms with E-state index in [-0.39, 0.29) is 6.04 Å². The summed E-state index contributed by atoms with van der Waals surface area (Å²) in [4.78, 5) is 0. The SMILES string of the molecule is COc1cccc2c1CCC2Nc1nnc(C)c(C)c1C#N. The number of ether oxygens (including phenoxy) is 1. The Balaban J connectivity index is 1.95. The second-order valence-electron chi connectivity index (χ2n) is 5.51. The van der Waals surface area contributed by atoms with Crippen LogP contribution in [0.4, 0.5) is 5.82 Å². The van der Waals surface area contributed by atoms with Gasteiger partial charge >= 0.3 is 0 Å². The number of aromatic nitrogens is 2. The van der Waals surface area contributed by atoms with Gasteiger partial charge in [-0.1, -0.05) is 12.1 Å². The van der Waals surface area contributed by atoms with Crippen LogP contribution in [0, 0.1) is 25.2 Å². The van der Waals surface area contributed by atoms with Gasteiger partial charge in [-0.15, -0.1) is 5.10 Å². The first-order valence-corrected chi connectivity index (χ1v) is 7.32. The molecule has 0 bridgehead atoms. The molecule has 1 heterocycles. The summed E-state index contributed by atoms with van der Waals surface area (Å²) in [7, 11) is 1.69. The average molecular weight is 294 g/mol. The zero-order chi connectivity index (χ0) is 15.7. The zero-order valence-electron chi connectivity index (χ0n) is 13.0. The first-order valence-electron chi connectivity index (χ1n) is 7.32. The zero-order valence-corrected chi connectivity index (χ0v) is 13.0. The minimum absolute atomic E-state index is 0.133. The molecule has 2 aromatic rings. The molecule has 1 aromatic carbocycles. The topological polar surface area (TPSA) is 70.8 Å². The van der Waals surface area contributed by atoms with Crippen molar-refractivity contribution in [1.29, 1.82) is 5.26 Å². The van der Waals surface area contributed by atoms with E-state index < -0.39 is 0 Å². The summed E-state index contributed by atoms with van der Waals surface area (Å²) in [5.41, 5.74) is 4.68. The molecule has 1 atom stereocenters. The minimum Gasteiger partial charge on any atom is -0.496 e. The number of hydrogen-bond acceptors (Lipinski definition) is 5. The van der Waals surface area contributed by atoms with E-state index in [4.69, 9.17) is 4.74 Å². The second-order valence-corrected chi connectivity index (χ2v) is 5.51. The predicted molar refractivity (Wildman–Crippen MR) is 83.9 cm³/mol. The fraction of sp³-hybridized carbons (Fsp3) is 0.353. The van der Waals surface area contributed by atoms with E-state index >= 15 is 0 Å². The van der Waals surface area contributed by atoms with Crippen LogP contribution in [0.5, 0.6) is 5.75 Å². The van der Waals surface area contributed by atoms with Gasteiger partial charge in [0.1, 0.15) is 17.4 Å². The highest BCUT2D eigenvalue weighted by Gasteiger charge is 2.26. The molecule has 3 rings (SSSR count). The summed E-state index contributed by atoms with van der Waals surface area (Å²) >= 11 is 0. The highest BCUT2D eigenvalue weighted by atomic mass is 16.5. The van der Waals surface area contributed by atoms with E-state index in [1.807, 2.05) is 26.0 Å². The fourth-order valence-electron chi connectivity index (χ4n) is 2.97. The molecule has 1 N–H and O–H groups in total. The predicted octanol–water partition coefficient (Wildman–Crippen LogP) is 3.07. The van der Waals surface area contributed by atoms with Crippen molar-refractivity contribution < 1.29 is 4.74 Å². The summed E-state index contributed by atoms with van der Waals surface area (Å²) in [6.07, 6.45) is 1.91. The number of fused-ring (bicyclic) bond motifs is 1. The average Bonchev–Trinajstić information content (AvgIpc) is 2.94. The monoisotopic (exact) mass is 294 g/mol. The molecule has 112 valence electrons. The van der Waals surface area contributed by atoms with Crippen LogP contribution in [0.15, 0.2) is 18.2 Å². The first kappa shape index (κ1) is 14.3. The van der Waals surface area contributed by atoms with Crippen molar-refractivity contribution in [2.75, 3.05) is 12.4 Å². The fourth-order valence-corrected chi connectivity index (χ4v) is 2.97. The van der Waals surface area contributed by atoms with Gasteiger partial charge in [0.2, 0.25) is 0 Å². The number of nitrogens with zero attached hydrogens (tertiary/aromatic N) is 3. The number of methoxy groups -OCH3 is 1. The third kappa shape index (κ3) is 2.27. The highest BCUT2D eigenvalue weighted by molar-refractivity contribution is 5.58. The van der Waals surface area contributed by atoms with Gasteiger partial charge in [0.15, 0.2) is 5.82 Å². The maximum absolute atomic E-state index is 9.40. The van der Waals surface area contributed by atoms with Gasteiger partial charge in [0.25, 0.3) is 0 Å². The highest BCUT2D eigenvalue weighted by Crippen LogP contribution is 2.38. The van der Waals surface area contributed by atoms with Crippen LogP contribution in [-0.2, 0) is 6.42 Å². The molecule has 22 heavy (non-hydrogen) atoms. The largest absolute Gasteiger partial charge is 0.496 e. The molecule has 0 saturated carbocycles. The van der Waals surface area contributed by atoms with Crippen LogP contribution >= 0.6 is 0 Å². The lowest BCUT2D eigenvalue weighted by atomic mass is 10.1. The molecule has 1 aliphatic carbocycles. The van der Waals surface area contributed by atoms with Crippen LogP contribution in [0.1, 0.15) is 40.4 Å². The molecular weight excluding hydrogens is 276 g/mol. The van der Waals surface area contributed by atoms with E-state index in [2.05, 4.69) is 27.6 Å². The Morgan fingerprint density at radius 3 is 2.86 bits per heavy atom.